The van der Waals surface area contributed by atoms with Crippen LogP contribution in [0.15, 0.2) is 114 Å². The molecule has 0 heterocycles. The zero-order valence-electron chi connectivity index (χ0n) is 25.8. The Hall–Kier alpha value is -4.43. The first-order valence-electron chi connectivity index (χ1n) is 14.9. The van der Waals surface area contributed by atoms with E-state index >= 15 is 0 Å². The summed E-state index contributed by atoms with van der Waals surface area (Å²) in [6.45, 7) is 7.98. The van der Waals surface area contributed by atoms with Gasteiger partial charge >= 0.3 is 0 Å². The molecule has 7 nitrogen and oxygen atoms in total. The molecule has 1 atom stereocenters. The maximum absolute atomic E-state index is 14.5. The second kappa shape index (κ2) is 14.8. The van der Waals surface area contributed by atoms with Gasteiger partial charge in [-0.3, -0.25) is 13.9 Å². The molecule has 44 heavy (non-hydrogen) atoms. The van der Waals surface area contributed by atoms with Crippen LogP contribution in [-0.2, 0) is 32.6 Å². The van der Waals surface area contributed by atoms with Crippen LogP contribution in [0.4, 0.5) is 5.69 Å². The van der Waals surface area contributed by atoms with Gasteiger partial charge in [0, 0.05) is 19.5 Å². The summed E-state index contributed by atoms with van der Waals surface area (Å²) in [5.41, 5.74) is 4.17. The van der Waals surface area contributed by atoms with Crippen LogP contribution in [0, 0.1) is 6.92 Å². The van der Waals surface area contributed by atoms with Gasteiger partial charge in [-0.05, 0) is 66.3 Å². The van der Waals surface area contributed by atoms with E-state index in [0.717, 1.165) is 26.6 Å². The Morgan fingerprint density at radius 2 is 1.39 bits per heavy atom. The highest BCUT2D eigenvalue weighted by Crippen LogP contribution is 2.27. The Morgan fingerprint density at radius 3 is 1.98 bits per heavy atom. The van der Waals surface area contributed by atoms with Crippen molar-refractivity contribution >= 4 is 27.5 Å². The van der Waals surface area contributed by atoms with Crippen LogP contribution in [0.2, 0.25) is 0 Å². The van der Waals surface area contributed by atoms with E-state index in [9.17, 15) is 18.0 Å². The van der Waals surface area contributed by atoms with Crippen molar-refractivity contribution in [3.05, 3.63) is 131 Å². The van der Waals surface area contributed by atoms with Crippen molar-refractivity contribution in [3.8, 4) is 0 Å². The first-order chi connectivity index (χ1) is 21.1. The quantitative estimate of drug-likeness (QED) is 0.198. The molecule has 0 saturated heterocycles. The highest BCUT2D eigenvalue weighted by molar-refractivity contribution is 7.92. The van der Waals surface area contributed by atoms with E-state index in [1.165, 1.54) is 17.0 Å². The molecule has 0 aliphatic heterocycles. The van der Waals surface area contributed by atoms with Crippen molar-refractivity contribution in [3.63, 3.8) is 0 Å². The minimum absolute atomic E-state index is 0.0794. The molecular formula is C36H41N3O4S. The number of aryl methyl sites for hydroxylation is 1. The fraction of sp³-hybridized carbons (Fsp3) is 0.278. The standard InChI is InChI=1S/C36H41N3O4S/c1-5-37-36(41)34(24-29-15-8-6-9-16-29)38(25-31-17-13-12-14-28(31)4)35(40)26-39(32-22-20-30(21-23-32)27(2)3)44(42,43)33-18-10-7-11-19-33/h6-23,27,34H,5,24-26H2,1-4H3,(H,37,41). The number of nitrogens with zero attached hydrogens (tertiary/aromatic N) is 2. The maximum atomic E-state index is 14.5. The van der Waals surface area contributed by atoms with Gasteiger partial charge in [0.1, 0.15) is 12.6 Å². The summed E-state index contributed by atoms with van der Waals surface area (Å²) in [5.74, 6) is -0.518. The molecule has 0 bridgehead atoms. The van der Waals surface area contributed by atoms with Gasteiger partial charge in [0.05, 0.1) is 10.6 Å². The molecule has 0 aliphatic carbocycles. The highest BCUT2D eigenvalue weighted by atomic mass is 32.2. The van der Waals surface area contributed by atoms with Gasteiger partial charge in [-0.2, -0.15) is 0 Å². The van der Waals surface area contributed by atoms with Gasteiger partial charge in [-0.15, -0.1) is 0 Å². The molecule has 2 amide bonds. The third kappa shape index (κ3) is 7.94. The first-order valence-corrected chi connectivity index (χ1v) is 16.4. The first kappa shape index (κ1) is 32.5. The predicted molar refractivity (Wildman–Crippen MR) is 176 cm³/mol. The van der Waals surface area contributed by atoms with Crippen LogP contribution >= 0.6 is 0 Å². The molecule has 0 saturated carbocycles. The molecule has 0 radical (unpaired) electrons. The Bertz CT molecular complexity index is 1640. The van der Waals surface area contributed by atoms with Crippen LogP contribution in [0.3, 0.4) is 0 Å². The number of benzene rings is 4. The smallest absolute Gasteiger partial charge is 0.264 e. The molecule has 1 unspecified atom stereocenters. The van der Waals surface area contributed by atoms with Crippen molar-refractivity contribution in [1.82, 2.24) is 10.2 Å². The van der Waals surface area contributed by atoms with Crippen LogP contribution in [-0.4, -0.2) is 44.3 Å². The van der Waals surface area contributed by atoms with E-state index in [4.69, 9.17) is 0 Å². The zero-order chi connectivity index (χ0) is 31.7. The summed E-state index contributed by atoms with van der Waals surface area (Å²) in [4.78, 5) is 29.7. The van der Waals surface area contributed by atoms with Crippen LogP contribution < -0.4 is 9.62 Å². The molecule has 4 aromatic rings. The number of likely N-dealkylation sites (N-methyl/N-ethyl adjacent to an activating group) is 1. The van der Waals surface area contributed by atoms with Gasteiger partial charge in [-0.25, -0.2) is 8.42 Å². The third-order valence-electron chi connectivity index (χ3n) is 7.68. The summed E-state index contributed by atoms with van der Waals surface area (Å²) in [6.07, 6.45) is 0.277. The SMILES string of the molecule is CCNC(=O)C(Cc1ccccc1)N(Cc1ccccc1C)C(=O)CN(c1ccc(C(C)C)cc1)S(=O)(=O)c1ccccc1. The third-order valence-corrected chi connectivity index (χ3v) is 9.47. The average molecular weight is 612 g/mol. The molecule has 4 aromatic carbocycles. The lowest BCUT2D eigenvalue weighted by molar-refractivity contribution is -0.140. The van der Waals surface area contributed by atoms with E-state index < -0.39 is 28.5 Å². The normalized spacial score (nSPS) is 12.0. The van der Waals surface area contributed by atoms with Crippen molar-refractivity contribution in [2.75, 3.05) is 17.4 Å². The zero-order valence-corrected chi connectivity index (χ0v) is 26.6. The summed E-state index contributed by atoms with van der Waals surface area (Å²) >= 11 is 0. The Morgan fingerprint density at radius 1 is 0.795 bits per heavy atom. The monoisotopic (exact) mass is 611 g/mol. The summed E-state index contributed by atoms with van der Waals surface area (Å²) in [7, 11) is -4.13. The summed E-state index contributed by atoms with van der Waals surface area (Å²) in [5, 5.41) is 2.89. The van der Waals surface area contributed by atoms with Crippen molar-refractivity contribution in [2.24, 2.45) is 0 Å². The lowest BCUT2D eigenvalue weighted by atomic mass is 10.0. The van der Waals surface area contributed by atoms with Gasteiger partial charge in [0.2, 0.25) is 11.8 Å². The number of carbonyl (C=O) groups is 2. The number of rotatable bonds is 13. The minimum Gasteiger partial charge on any atom is -0.355 e. The van der Waals surface area contributed by atoms with Crippen LogP contribution in [0.5, 0.6) is 0 Å². The molecule has 230 valence electrons. The van der Waals surface area contributed by atoms with E-state index in [1.54, 1.807) is 30.3 Å². The lowest BCUT2D eigenvalue weighted by Crippen LogP contribution is -2.53. The van der Waals surface area contributed by atoms with Crippen molar-refractivity contribution in [2.45, 2.75) is 57.5 Å². The predicted octanol–water partition coefficient (Wildman–Crippen LogP) is 6.09. The molecule has 0 aliphatic rings. The summed E-state index contributed by atoms with van der Waals surface area (Å²) in [6, 6.07) is 31.7. The second-order valence-electron chi connectivity index (χ2n) is 11.1. The molecule has 0 aromatic heterocycles. The van der Waals surface area contributed by atoms with Gasteiger partial charge in [0.25, 0.3) is 10.0 Å². The number of amides is 2. The molecule has 8 heteroatoms. The van der Waals surface area contributed by atoms with Gasteiger partial charge in [0.15, 0.2) is 0 Å². The molecule has 0 spiro atoms. The van der Waals surface area contributed by atoms with Crippen LogP contribution in [0.25, 0.3) is 0 Å². The maximum Gasteiger partial charge on any atom is 0.264 e. The van der Waals surface area contributed by atoms with E-state index in [-0.39, 0.29) is 29.7 Å². The number of carbonyl (C=O) groups excluding carboxylic acids is 2. The number of anilines is 1. The molecule has 1 N–H and O–H groups in total. The lowest BCUT2D eigenvalue weighted by Gasteiger charge is -2.34. The van der Waals surface area contributed by atoms with Crippen LogP contribution in [0.1, 0.15) is 48.9 Å². The van der Waals surface area contributed by atoms with Gasteiger partial charge in [-0.1, -0.05) is 98.8 Å². The number of hydrogen-bond acceptors (Lipinski definition) is 4. The van der Waals surface area contributed by atoms with Crippen molar-refractivity contribution in [1.29, 1.82) is 0 Å². The number of nitrogens with one attached hydrogen (secondary N) is 1. The number of hydrogen-bond donors (Lipinski definition) is 1. The fourth-order valence-corrected chi connectivity index (χ4v) is 6.53. The average Bonchev–Trinajstić information content (AvgIpc) is 3.03. The van der Waals surface area contributed by atoms with E-state index in [0.29, 0.717) is 12.2 Å². The van der Waals surface area contributed by atoms with Gasteiger partial charge < -0.3 is 10.2 Å². The Balaban J connectivity index is 1.80. The Kier molecular flexibility index (Phi) is 11.0. The molecular weight excluding hydrogens is 570 g/mol. The summed E-state index contributed by atoms with van der Waals surface area (Å²) < 4.78 is 29.3. The topological polar surface area (TPSA) is 86.8 Å². The highest BCUT2D eigenvalue weighted by Gasteiger charge is 2.34. The molecule has 4 rings (SSSR count). The molecule has 0 fully saturated rings. The van der Waals surface area contributed by atoms with Crippen molar-refractivity contribution < 1.29 is 18.0 Å². The van der Waals surface area contributed by atoms with E-state index in [1.807, 2.05) is 80.6 Å². The largest absolute Gasteiger partial charge is 0.355 e. The minimum atomic E-state index is -4.13. The second-order valence-corrected chi connectivity index (χ2v) is 13.0. The fourth-order valence-electron chi connectivity index (χ4n) is 5.09. The van der Waals surface area contributed by atoms with E-state index in [2.05, 4.69) is 19.2 Å². The Labute approximate surface area is 261 Å². The number of sulfonamides is 1.